The van der Waals surface area contributed by atoms with Crippen molar-refractivity contribution in [1.29, 1.82) is 0 Å². The number of benzene rings is 2. The fraction of sp³-hybridized carbons (Fsp3) is 0.333. The van der Waals surface area contributed by atoms with Gasteiger partial charge < -0.3 is 9.47 Å². The third kappa shape index (κ3) is 3.86. The van der Waals surface area contributed by atoms with E-state index in [9.17, 15) is 13.2 Å². The molecule has 4 heterocycles. The summed E-state index contributed by atoms with van der Waals surface area (Å²) in [4.78, 5) is 13.6. The molecular weight excluding hydrogens is 451 g/mol. The van der Waals surface area contributed by atoms with Gasteiger partial charge in [0.1, 0.15) is 5.82 Å². The molecule has 180 valence electrons. The molecule has 1 fully saturated rings. The van der Waals surface area contributed by atoms with Crippen molar-refractivity contribution < 1.29 is 13.2 Å². The Balaban J connectivity index is 1.27. The van der Waals surface area contributed by atoms with E-state index in [-0.39, 0.29) is 5.41 Å². The second kappa shape index (κ2) is 8.09. The Bertz CT molecular complexity index is 1390. The minimum atomic E-state index is -4.38. The molecule has 35 heavy (non-hydrogen) atoms. The fourth-order valence-corrected chi connectivity index (χ4v) is 5.61. The van der Waals surface area contributed by atoms with E-state index in [1.54, 1.807) is 6.20 Å². The lowest BCUT2D eigenvalue weighted by Crippen LogP contribution is -2.44. The number of anilines is 2. The molecule has 5 nitrogen and oxygen atoms in total. The van der Waals surface area contributed by atoms with Crippen molar-refractivity contribution in [3.8, 4) is 0 Å². The number of pyridine rings is 1. The summed E-state index contributed by atoms with van der Waals surface area (Å²) in [6.07, 6.45) is 3.23. The SMILES string of the molecule is Cn1ccnc1CN1CCC2(CC1)CN(c1cnc3cc(C(F)(F)F)ccc3c1)c1ccccc12. The predicted octanol–water partition coefficient (Wildman–Crippen LogP) is 5.67. The molecule has 0 amide bonds. The van der Waals surface area contributed by atoms with Crippen LogP contribution < -0.4 is 4.90 Å². The maximum absolute atomic E-state index is 13.1. The van der Waals surface area contributed by atoms with Crippen molar-refractivity contribution in [3.63, 3.8) is 0 Å². The Labute approximate surface area is 201 Å². The first-order chi connectivity index (χ1) is 16.8. The average molecular weight is 478 g/mol. The standard InChI is InChI=1S/C27H26F3N5/c1-33-13-10-31-25(33)17-34-11-8-26(9-12-34)18-35(24-5-3-2-4-22(24)26)21-14-19-6-7-20(27(28,29)30)15-23(19)32-16-21/h2-7,10,13-16H,8-9,11-12,17-18H2,1H3. The quantitative estimate of drug-likeness (QED) is 0.381. The minimum absolute atomic E-state index is 0.0455. The van der Waals surface area contributed by atoms with Gasteiger partial charge in [0.2, 0.25) is 0 Å². The molecule has 0 radical (unpaired) electrons. The summed E-state index contributed by atoms with van der Waals surface area (Å²) in [5, 5.41) is 0.707. The summed E-state index contributed by atoms with van der Waals surface area (Å²) < 4.78 is 41.4. The number of likely N-dealkylation sites (tertiary alicyclic amines) is 1. The number of rotatable bonds is 3. The highest BCUT2D eigenvalue weighted by atomic mass is 19.4. The molecule has 0 unspecified atom stereocenters. The van der Waals surface area contributed by atoms with Gasteiger partial charge in [0.05, 0.1) is 29.5 Å². The van der Waals surface area contributed by atoms with Crippen molar-refractivity contribution in [2.45, 2.75) is 31.0 Å². The highest BCUT2D eigenvalue weighted by Crippen LogP contribution is 2.49. The number of fused-ring (bicyclic) bond motifs is 3. The van der Waals surface area contributed by atoms with E-state index in [4.69, 9.17) is 0 Å². The Morgan fingerprint density at radius 3 is 2.54 bits per heavy atom. The normalized spacial score (nSPS) is 17.9. The number of imidazole rings is 1. The van der Waals surface area contributed by atoms with Crippen molar-refractivity contribution in [2.24, 2.45) is 7.05 Å². The van der Waals surface area contributed by atoms with Crippen LogP contribution in [0.25, 0.3) is 10.9 Å². The van der Waals surface area contributed by atoms with Crippen molar-refractivity contribution in [1.82, 2.24) is 19.4 Å². The lowest BCUT2D eigenvalue weighted by atomic mass is 9.74. The zero-order chi connectivity index (χ0) is 24.2. The monoisotopic (exact) mass is 477 g/mol. The van der Waals surface area contributed by atoms with E-state index >= 15 is 0 Å². The van der Waals surface area contributed by atoms with E-state index in [0.717, 1.165) is 68.4 Å². The molecule has 4 aromatic rings. The van der Waals surface area contributed by atoms with Crippen molar-refractivity contribution >= 4 is 22.3 Å². The molecule has 0 N–H and O–H groups in total. The Kier molecular flexibility index (Phi) is 5.11. The number of para-hydroxylation sites is 1. The number of hydrogen-bond donors (Lipinski definition) is 0. The van der Waals surface area contributed by atoms with E-state index < -0.39 is 11.7 Å². The van der Waals surface area contributed by atoms with Crippen LogP contribution in [0.4, 0.5) is 24.5 Å². The molecular formula is C27H26F3N5. The molecule has 0 saturated carbocycles. The van der Waals surface area contributed by atoms with Gasteiger partial charge in [-0.1, -0.05) is 24.3 Å². The number of aryl methyl sites for hydroxylation is 1. The first-order valence-corrected chi connectivity index (χ1v) is 11.9. The van der Waals surface area contributed by atoms with Gasteiger partial charge >= 0.3 is 6.18 Å². The minimum Gasteiger partial charge on any atom is -0.339 e. The van der Waals surface area contributed by atoms with E-state index in [1.165, 1.54) is 11.6 Å². The first-order valence-electron chi connectivity index (χ1n) is 11.9. The lowest BCUT2D eigenvalue weighted by Gasteiger charge is -2.40. The summed E-state index contributed by atoms with van der Waals surface area (Å²) in [5.41, 5.74) is 3.16. The Hall–Kier alpha value is -3.39. The summed E-state index contributed by atoms with van der Waals surface area (Å²) in [6, 6.07) is 14.2. The van der Waals surface area contributed by atoms with Gasteiger partial charge in [0, 0.05) is 42.5 Å². The van der Waals surface area contributed by atoms with Crippen LogP contribution in [0.2, 0.25) is 0 Å². The highest BCUT2D eigenvalue weighted by molar-refractivity contribution is 5.85. The zero-order valence-corrected chi connectivity index (χ0v) is 19.5. The van der Waals surface area contributed by atoms with Crippen LogP contribution in [0, 0.1) is 0 Å². The zero-order valence-electron chi connectivity index (χ0n) is 19.5. The van der Waals surface area contributed by atoms with Crippen LogP contribution in [0.5, 0.6) is 0 Å². The number of halogens is 3. The smallest absolute Gasteiger partial charge is 0.339 e. The van der Waals surface area contributed by atoms with Crippen LogP contribution >= 0.6 is 0 Å². The number of hydrogen-bond acceptors (Lipinski definition) is 4. The highest BCUT2D eigenvalue weighted by Gasteiger charge is 2.45. The summed E-state index contributed by atoms with van der Waals surface area (Å²) in [6.45, 7) is 3.67. The van der Waals surface area contributed by atoms with Crippen LogP contribution in [0.3, 0.4) is 0 Å². The Morgan fingerprint density at radius 1 is 1.00 bits per heavy atom. The number of aromatic nitrogens is 3. The molecule has 0 aliphatic carbocycles. The van der Waals surface area contributed by atoms with Gasteiger partial charge in [-0.2, -0.15) is 13.2 Å². The maximum atomic E-state index is 13.1. The van der Waals surface area contributed by atoms with Gasteiger partial charge in [-0.3, -0.25) is 9.88 Å². The largest absolute Gasteiger partial charge is 0.416 e. The third-order valence-corrected chi connectivity index (χ3v) is 7.63. The molecule has 2 aliphatic heterocycles. The molecule has 0 bridgehead atoms. The summed E-state index contributed by atoms with van der Waals surface area (Å²) in [7, 11) is 2.03. The molecule has 6 rings (SSSR count). The van der Waals surface area contributed by atoms with E-state index in [0.29, 0.717) is 10.9 Å². The topological polar surface area (TPSA) is 37.2 Å². The van der Waals surface area contributed by atoms with Gasteiger partial charge in [-0.15, -0.1) is 0 Å². The second-order valence-electron chi connectivity index (χ2n) is 9.71. The molecule has 2 aliphatic rings. The maximum Gasteiger partial charge on any atom is 0.416 e. The number of nitrogens with zero attached hydrogens (tertiary/aromatic N) is 5. The molecule has 2 aromatic carbocycles. The van der Waals surface area contributed by atoms with Crippen LogP contribution in [0.15, 0.2) is 67.1 Å². The van der Waals surface area contributed by atoms with Gasteiger partial charge in [-0.25, -0.2) is 4.98 Å². The second-order valence-corrected chi connectivity index (χ2v) is 9.71. The number of piperidine rings is 1. The number of alkyl halides is 3. The van der Waals surface area contributed by atoms with Crippen LogP contribution in [-0.2, 0) is 25.2 Å². The van der Waals surface area contributed by atoms with Crippen molar-refractivity contribution in [2.75, 3.05) is 24.5 Å². The van der Waals surface area contributed by atoms with Gasteiger partial charge in [-0.05, 0) is 55.8 Å². The Morgan fingerprint density at radius 2 is 1.80 bits per heavy atom. The summed E-state index contributed by atoms with van der Waals surface area (Å²) >= 11 is 0. The molecule has 1 saturated heterocycles. The first kappa shape index (κ1) is 22.1. The predicted molar refractivity (Wildman–Crippen MR) is 130 cm³/mol. The van der Waals surface area contributed by atoms with Gasteiger partial charge in [0.25, 0.3) is 0 Å². The van der Waals surface area contributed by atoms with E-state index in [2.05, 4.69) is 42.5 Å². The van der Waals surface area contributed by atoms with Crippen molar-refractivity contribution in [3.05, 3.63) is 84.1 Å². The molecule has 0 atom stereocenters. The lowest BCUT2D eigenvalue weighted by molar-refractivity contribution is -0.137. The molecule has 8 heteroatoms. The van der Waals surface area contributed by atoms with E-state index in [1.807, 2.05) is 31.6 Å². The fourth-order valence-electron chi connectivity index (χ4n) is 5.61. The summed E-state index contributed by atoms with van der Waals surface area (Å²) in [5.74, 6) is 1.07. The third-order valence-electron chi connectivity index (χ3n) is 7.63. The van der Waals surface area contributed by atoms with Gasteiger partial charge in [0.15, 0.2) is 0 Å². The van der Waals surface area contributed by atoms with Crippen LogP contribution in [0.1, 0.15) is 29.8 Å². The average Bonchev–Trinajstić information content (AvgIpc) is 3.40. The molecule has 1 spiro atoms. The van der Waals surface area contributed by atoms with Crippen LogP contribution in [-0.4, -0.2) is 39.1 Å². The molecule has 2 aromatic heterocycles.